The molecule has 29 heavy (non-hydrogen) atoms. The van der Waals surface area contributed by atoms with Crippen LogP contribution in [0.25, 0.3) is 0 Å². The van der Waals surface area contributed by atoms with Crippen LogP contribution in [0.2, 0.25) is 0 Å². The Morgan fingerprint density at radius 3 is 2.55 bits per heavy atom. The molecular weight excluding hydrogens is 362 g/mol. The van der Waals surface area contributed by atoms with E-state index in [1.165, 1.54) is 5.56 Å². The fourth-order valence-electron chi connectivity index (χ4n) is 3.40. The van der Waals surface area contributed by atoms with Gasteiger partial charge in [-0.15, -0.1) is 0 Å². The molecule has 156 valence electrons. The molecule has 0 radical (unpaired) electrons. The van der Waals surface area contributed by atoms with Crippen molar-refractivity contribution in [1.29, 1.82) is 0 Å². The van der Waals surface area contributed by atoms with E-state index < -0.39 is 0 Å². The number of aliphatic imine (C=N–C) groups is 1. The van der Waals surface area contributed by atoms with Crippen LogP contribution in [0.4, 0.5) is 5.82 Å². The first-order valence-electron chi connectivity index (χ1n) is 10.7. The van der Waals surface area contributed by atoms with E-state index in [2.05, 4.69) is 57.4 Å². The topological polar surface area (TPSA) is 53.0 Å². The summed E-state index contributed by atoms with van der Waals surface area (Å²) >= 11 is 0. The van der Waals surface area contributed by atoms with E-state index in [0.29, 0.717) is 0 Å². The zero-order valence-corrected chi connectivity index (χ0v) is 17.5. The highest BCUT2D eigenvalue weighted by Gasteiger charge is 2.20. The highest BCUT2D eigenvalue weighted by molar-refractivity contribution is 5.80. The number of pyridine rings is 1. The van der Waals surface area contributed by atoms with Gasteiger partial charge in [-0.25, -0.2) is 4.98 Å². The first kappa shape index (κ1) is 21.1. The van der Waals surface area contributed by atoms with E-state index in [9.17, 15) is 0 Å². The molecule has 3 rings (SSSR count). The molecule has 2 aromatic rings. The predicted molar refractivity (Wildman–Crippen MR) is 120 cm³/mol. The molecule has 0 spiro atoms. The molecule has 1 aliphatic heterocycles. The van der Waals surface area contributed by atoms with Crippen molar-refractivity contribution in [3.8, 4) is 0 Å². The molecule has 0 unspecified atom stereocenters. The zero-order valence-electron chi connectivity index (χ0n) is 17.5. The van der Waals surface area contributed by atoms with Gasteiger partial charge < -0.3 is 19.9 Å². The highest BCUT2D eigenvalue weighted by atomic mass is 16.5. The van der Waals surface area contributed by atoms with Crippen LogP contribution in [0, 0.1) is 0 Å². The van der Waals surface area contributed by atoms with Crippen LogP contribution in [0.15, 0.2) is 59.7 Å². The number of piperazine rings is 1. The molecule has 0 saturated carbocycles. The maximum absolute atomic E-state index is 5.77. The Morgan fingerprint density at radius 1 is 1.03 bits per heavy atom. The summed E-state index contributed by atoms with van der Waals surface area (Å²) in [5, 5.41) is 3.43. The molecule has 0 atom stereocenters. The lowest BCUT2D eigenvalue weighted by Crippen LogP contribution is -2.52. The standard InChI is InChI=1S/C23H33N5O/c1-2-24-23(26-14-8-19-29-20-12-21-9-4-3-5-10-21)28-17-15-27(16-18-28)22-11-6-7-13-25-22/h3-7,9-11,13H,2,8,12,14-20H2,1H3,(H,24,26). The number of aromatic nitrogens is 1. The third-order valence-electron chi connectivity index (χ3n) is 4.97. The molecule has 0 amide bonds. The largest absolute Gasteiger partial charge is 0.381 e. The van der Waals surface area contributed by atoms with Crippen molar-refractivity contribution in [3.05, 3.63) is 60.3 Å². The molecular formula is C23H33N5O. The lowest BCUT2D eigenvalue weighted by Gasteiger charge is -2.37. The van der Waals surface area contributed by atoms with Crippen LogP contribution in [-0.4, -0.2) is 68.3 Å². The van der Waals surface area contributed by atoms with Crippen molar-refractivity contribution < 1.29 is 4.74 Å². The van der Waals surface area contributed by atoms with Gasteiger partial charge in [0.1, 0.15) is 5.82 Å². The van der Waals surface area contributed by atoms with Gasteiger partial charge in [-0.05, 0) is 37.5 Å². The Labute approximate surface area is 174 Å². The summed E-state index contributed by atoms with van der Waals surface area (Å²) in [6, 6.07) is 16.6. The average Bonchev–Trinajstić information content (AvgIpc) is 2.79. The number of benzene rings is 1. The van der Waals surface area contributed by atoms with Gasteiger partial charge in [-0.3, -0.25) is 4.99 Å². The Balaban J connectivity index is 1.36. The lowest BCUT2D eigenvalue weighted by molar-refractivity contribution is 0.136. The van der Waals surface area contributed by atoms with Crippen molar-refractivity contribution >= 4 is 11.8 Å². The summed E-state index contributed by atoms with van der Waals surface area (Å²) < 4.78 is 5.77. The normalized spacial score (nSPS) is 14.9. The second-order valence-corrected chi connectivity index (χ2v) is 7.10. The van der Waals surface area contributed by atoms with E-state index in [4.69, 9.17) is 9.73 Å². The molecule has 6 nitrogen and oxygen atoms in total. The first-order valence-corrected chi connectivity index (χ1v) is 10.7. The molecule has 6 heteroatoms. The SMILES string of the molecule is CCNC(=NCCCOCCc1ccccc1)N1CCN(c2ccccn2)CC1. The molecule has 0 aliphatic carbocycles. The predicted octanol–water partition coefficient (Wildman–Crippen LogP) is 2.82. The smallest absolute Gasteiger partial charge is 0.194 e. The molecule has 1 saturated heterocycles. The number of ether oxygens (including phenoxy) is 1. The Kier molecular flexibility index (Phi) is 8.79. The van der Waals surface area contributed by atoms with E-state index >= 15 is 0 Å². The average molecular weight is 396 g/mol. The van der Waals surface area contributed by atoms with E-state index in [0.717, 1.165) is 77.1 Å². The van der Waals surface area contributed by atoms with Gasteiger partial charge in [0.15, 0.2) is 5.96 Å². The van der Waals surface area contributed by atoms with Crippen LogP contribution in [0.3, 0.4) is 0 Å². The van der Waals surface area contributed by atoms with Crippen LogP contribution in [0.1, 0.15) is 18.9 Å². The fourth-order valence-corrected chi connectivity index (χ4v) is 3.40. The second-order valence-electron chi connectivity index (χ2n) is 7.10. The third-order valence-corrected chi connectivity index (χ3v) is 4.97. The van der Waals surface area contributed by atoms with E-state index in [1.807, 2.05) is 24.4 Å². The minimum absolute atomic E-state index is 0.753. The van der Waals surface area contributed by atoms with Gasteiger partial charge in [-0.2, -0.15) is 0 Å². The molecule has 0 bridgehead atoms. The van der Waals surface area contributed by atoms with Crippen LogP contribution < -0.4 is 10.2 Å². The maximum Gasteiger partial charge on any atom is 0.194 e. The fraction of sp³-hybridized carbons (Fsp3) is 0.478. The van der Waals surface area contributed by atoms with Crippen LogP contribution in [-0.2, 0) is 11.2 Å². The number of nitrogens with zero attached hydrogens (tertiary/aromatic N) is 4. The molecule has 1 aliphatic rings. The summed E-state index contributed by atoms with van der Waals surface area (Å²) in [6.45, 7) is 9.14. The minimum Gasteiger partial charge on any atom is -0.381 e. The molecule has 1 aromatic heterocycles. The lowest BCUT2D eigenvalue weighted by atomic mass is 10.2. The minimum atomic E-state index is 0.753. The molecule has 1 N–H and O–H groups in total. The number of hydrogen-bond acceptors (Lipinski definition) is 4. The highest BCUT2D eigenvalue weighted by Crippen LogP contribution is 2.12. The van der Waals surface area contributed by atoms with Gasteiger partial charge in [0.2, 0.25) is 0 Å². The number of hydrogen-bond donors (Lipinski definition) is 1. The number of nitrogens with one attached hydrogen (secondary N) is 1. The Hall–Kier alpha value is -2.60. The quantitative estimate of drug-likeness (QED) is 0.402. The monoisotopic (exact) mass is 395 g/mol. The van der Waals surface area contributed by atoms with Gasteiger partial charge in [-0.1, -0.05) is 36.4 Å². The van der Waals surface area contributed by atoms with Crippen molar-refractivity contribution in [3.63, 3.8) is 0 Å². The van der Waals surface area contributed by atoms with Crippen molar-refractivity contribution in [1.82, 2.24) is 15.2 Å². The summed E-state index contributed by atoms with van der Waals surface area (Å²) in [4.78, 5) is 13.9. The van der Waals surface area contributed by atoms with E-state index in [1.54, 1.807) is 0 Å². The van der Waals surface area contributed by atoms with E-state index in [-0.39, 0.29) is 0 Å². The molecule has 2 heterocycles. The van der Waals surface area contributed by atoms with Gasteiger partial charge in [0.25, 0.3) is 0 Å². The van der Waals surface area contributed by atoms with Gasteiger partial charge >= 0.3 is 0 Å². The zero-order chi connectivity index (χ0) is 20.2. The summed E-state index contributed by atoms with van der Waals surface area (Å²) in [7, 11) is 0. The summed E-state index contributed by atoms with van der Waals surface area (Å²) in [5.74, 6) is 2.07. The summed E-state index contributed by atoms with van der Waals surface area (Å²) in [5.41, 5.74) is 1.32. The van der Waals surface area contributed by atoms with Crippen molar-refractivity contribution in [2.24, 2.45) is 4.99 Å². The molecule has 1 fully saturated rings. The van der Waals surface area contributed by atoms with Gasteiger partial charge in [0.05, 0.1) is 6.61 Å². The number of guanidine groups is 1. The van der Waals surface area contributed by atoms with Crippen molar-refractivity contribution in [2.45, 2.75) is 19.8 Å². The number of rotatable bonds is 9. The maximum atomic E-state index is 5.77. The first-order chi connectivity index (χ1) is 14.4. The Bertz CT molecular complexity index is 715. The summed E-state index contributed by atoms with van der Waals surface area (Å²) in [6.07, 6.45) is 3.76. The van der Waals surface area contributed by atoms with Crippen molar-refractivity contribution in [2.75, 3.05) is 57.4 Å². The second kappa shape index (κ2) is 12.1. The third kappa shape index (κ3) is 7.06. The molecule has 1 aromatic carbocycles. The van der Waals surface area contributed by atoms with Crippen LogP contribution >= 0.6 is 0 Å². The Morgan fingerprint density at radius 2 is 1.83 bits per heavy atom. The van der Waals surface area contributed by atoms with Crippen LogP contribution in [0.5, 0.6) is 0 Å². The number of anilines is 1. The van der Waals surface area contributed by atoms with Gasteiger partial charge in [0, 0.05) is 52.1 Å².